The zero-order chi connectivity index (χ0) is 14.7. The molecule has 0 saturated heterocycles. The summed E-state index contributed by atoms with van der Waals surface area (Å²) < 4.78 is 32.6. The fraction of sp³-hybridized carbons (Fsp3) is 0.200. The lowest BCUT2D eigenvalue weighted by atomic mass is 9.97. The van der Waals surface area contributed by atoms with Gasteiger partial charge in [-0.25, -0.2) is 8.78 Å². The lowest BCUT2D eigenvalue weighted by molar-refractivity contribution is 0.403. The highest BCUT2D eigenvalue weighted by atomic mass is 79.9. The third-order valence-electron chi connectivity index (χ3n) is 3.06. The van der Waals surface area contributed by atoms with Gasteiger partial charge in [-0.05, 0) is 42.9 Å². The molecule has 1 unspecified atom stereocenters. The highest BCUT2D eigenvalue weighted by Crippen LogP contribution is 2.34. The minimum atomic E-state index is -0.348. The molecule has 5 heteroatoms. The summed E-state index contributed by atoms with van der Waals surface area (Å²) in [6, 6.07) is 8.43. The summed E-state index contributed by atoms with van der Waals surface area (Å²) >= 11 is 3.34. The molecule has 0 aliphatic rings. The van der Waals surface area contributed by atoms with Gasteiger partial charge in [-0.3, -0.25) is 0 Å². The second kappa shape index (κ2) is 6.33. The number of hydrogen-bond acceptors (Lipinski definition) is 2. The minimum Gasteiger partial charge on any atom is -0.496 e. The molecule has 0 heterocycles. The van der Waals surface area contributed by atoms with Gasteiger partial charge in [0.25, 0.3) is 0 Å². The van der Waals surface area contributed by atoms with E-state index in [4.69, 9.17) is 4.74 Å². The molecule has 106 valence electrons. The second-order valence-electron chi connectivity index (χ2n) is 4.27. The standard InChI is InChI=1S/C15H14BrF2NO/c1-19-15(11-5-3-10(18)8-13(11)16)12-7-9(17)4-6-14(12)20-2/h3-8,15,19H,1-2H3. The fourth-order valence-electron chi connectivity index (χ4n) is 2.14. The third-order valence-corrected chi connectivity index (χ3v) is 3.75. The zero-order valence-electron chi connectivity index (χ0n) is 11.1. The molecule has 0 aliphatic heterocycles. The fourth-order valence-corrected chi connectivity index (χ4v) is 2.72. The van der Waals surface area contributed by atoms with Crippen molar-refractivity contribution in [3.63, 3.8) is 0 Å². The third kappa shape index (κ3) is 2.99. The molecule has 0 aliphatic carbocycles. The highest BCUT2D eigenvalue weighted by Gasteiger charge is 2.20. The van der Waals surface area contributed by atoms with Crippen LogP contribution in [-0.4, -0.2) is 14.2 Å². The van der Waals surface area contributed by atoms with Crippen LogP contribution in [0.25, 0.3) is 0 Å². The van der Waals surface area contributed by atoms with E-state index in [0.717, 1.165) is 5.56 Å². The Hall–Kier alpha value is -1.46. The van der Waals surface area contributed by atoms with E-state index >= 15 is 0 Å². The van der Waals surface area contributed by atoms with Crippen LogP contribution in [0.5, 0.6) is 5.75 Å². The van der Waals surface area contributed by atoms with Crippen molar-refractivity contribution in [2.24, 2.45) is 0 Å². The first-order valence-corrected chi connectivity index (χ1v) is 6.81. The first kappa shape index (κ1) is 14.9. The van der Waals surface area contributed by atoms with E-state index in [1.54, 1.807) is 19.2 Å². The molecule has 2 rings (SSSR count). The normalized spacial score (nSPS) is 12.2. The number of hydrogen-bond donors (Lipinski definition) is 1. The molecular formula is C15H14BrF2NO. The van der Waals surface area contributed by atoms with Crippen LogP contribution in [0.15, 0.2) is 40.9 Å². The van der Waals surface area contributed by atoms with E-state index in [1.165, 1.54) is 31.4 Å². The van der Waals surface area contributed by atoms with Crippen molar-refractivity contribution < 1.29 is 13.5 Å². The quantitative estimate of drug-likeness (QED) is 0.905. The molecule has 2 aromatic carbocycles. The molecule has 0 radical (unpaired) electrons. The molecule has 20 heavy (non-hydrogen) atoms. The maximum absolute atomic E-state index is 13.5. The summed E-state index contributed by atoms with van der Waals surface area (Å²) in [6.45, 7) is 0. The molecule has 2 nitrogen and oxygen atoms in total. The van der Waals surface area contributed by atoms with Gasteiger partial charge in [0.15, 0.2) is 0 Å². The molecule has 0 saturated carbocycles. The lowest BCUT2D eigenvalue weighted by Crippen LogP contribution is -2.19. The molecule has 0 fully saturated rings. The highest BCUT2D eigenvalue weighted by molar-refractivity contribution is 9.10. The zero-order valence-corrected chi connectivity index (χ0v) is 12.7. The maximum Gasteiger partial charge on any atom is 0.124 e. The Labute approximate surface area is 124 Å². The summed E-state index contributed by atoms with van der Waals surface area (Å²) in [5.41, 5.74) is 1.46. The van der Waals surface area contributed by atoms with Gasteiger partial charge in [-0.2, -0.15) is 0 Å². The molecule has 1 atom stereocenters. The Bertz CT molecular complexity index is 619. The second-order valence-corrected chi connectivity index (χ2v) is 5.13. The SMILES string of the molecule is CNC(c1ccc(F)cc1Br)c1cc(F)ccc1OC. The largest absolute Gasteiger partial charge is 0.496 e. The van der Waals surface area contributed by atoms with Crippen LogP contribution >= 0.6 is 15.9 Å². The number of benzene rings is 2. The van der Waals surface area contributed by atoms with Gasteiger partial charge < -0.3 is 10.1 Å². The Balaban J connectivity index is 2.54. The molecule has 0 amide bonds. The average Bonchev–Trinajstić information content (AvgIpc) is 2.42. The molecular weight excluding hydrogens is 328 g/mol. The smallest absolute Gasteiger partial charge is 0.124 e. The van der Waals surface area contributed by atoms with E-state index in [1.807, 2.05) is 0 Å². The predicted molar refractivity (Wildman–Crippen MR) is 78.0 cm³/mol. The van der Waals surface area contributed by atoms with Gasteiger partial charge in [0, 0.05) is 10.0 Å². The Morgan fingerprint density at radius 2 is 1.70 bits per heavy atom. The van der Waals surface area contributed by atoms with E-state index in [0.29, 0.717) is 15.8 Å². The minimum absolute atomic E-state index is 0.310. The van der Waals surface area contributed by atoms with Crippen molar-refractivity contribution >= 4 is 15.9 Å². The van der Waals surface area contributed by atoms with E-state index < -0.39 is 0 Å². The van der Waals surface area contributed by atoms with Crippen LogP contribution in [-0.2, 0) is 0 Å². The van der Waals surface area contributed by atoms with Gasteiger partial charge in [-0.1, -0.05) is 22.0 Å². The number of halogens is 3. The van der Waals surface area contributed by atoms with E-state index in [-0.39, 0.29) is 17.7 Å². The Morgan fingerprint density at radius 1 is 1.05 bits per heavy atom. The number of ether oxygens (including phenoxy) is 1. The van der Waals surface area contributed by atoms with Crippen molar-refractivity contribution in [1.29, 1.82) is 0 Å². The van der Waals surface area contributed by atoms with E-state index in [2.05, 4.69) is 21.2 Å². The van der Waals surface area contributed by atoms with Crippen LogP contribution in [0.4, 0.5) is 8.78 Å². The van der Waals surface area contributed by atoms with Crippen molar-refractivity contribution in [2.45, 2.75) is 6.04 Å². The molecule has 0 aromatic heterocycles. The van der Waals surface area contributed by atoms with Crippen LogP contribution in [0, 0.1) is 11.6 Å². The first-order valence-electron chi connectivity index (χ1n) is 6.02. The first-order chi connectivity index (χ1) is 9.56. The average molecular weight is 342 g/mol. The monoisotopic (exact) mass is 341 g/mol. The van der Waals surface area contributed by atoms with Gasteiger partial charge >= 0.3 is 0 Å². The van der Waals surface area contributed by atoms with Gasteiger partial charge in [-0.15, -0.1) is 0 Å². The summed E-state index contributed by atoms with van der Waals surface area (Å²) in [6.07, 6.45) is 0. The molecule has 0 spiro atoms. The van der Waals surface area contributed by atoms with Crippen LogP contribution < -0.4 is 10.1 Å². The number of nitrogens with one attached hydrogen (secondary N) is 1. The molecule has 2 aromatic rings. The van der Waals surface area contributed by atoms with Crippen molar-refractivity contribution in [1.82, 2.24) is 5.32 Å². The van der Waals surface area contributed by atoms with Crippen LogP contribution in [0.3, 0.4) is 0 Å². The van der Waals surface area contributed by atoms with Gasteiger partial charge in [0.2, 0.25) is 0 Å². The van der Waals surface area contributed by atoms with Crippen molar-refractivity contribution in [3.8, 4) is 5.75 Å². The van der Waals surface area contributed by atoms with Gasteiger partial charge in [0.05, 0.1) is 13.2 Å². The van der Waals surface area contributed by atoms with Crippen molar-refractivity contribution in [3.05, 3.63) is 63.6 Å². The summed E-state index contributed by atoms with van der Waals surface area (Å²) in [5.74, 6) is -0.108. The summed E-state index contributed by atoms with van der Waals surface area (Å²) in [7, 11) is 3.29. The number of rotatable bonds is 4. The Morgan fingerprint density at radius 3 is 2.30 bits per heavy atom. The summed E-state index contributed by atoms with van der Waals surface area (Å²) in [5, 5.41) is 3.10. The lowest BCUT2D eigenvalue weighted by Gasteiger charge is -2.21. The molecule has 0 bridgehead atoms. The number of methoxy groups -OCH3 is 1. The van der Waals surface area contributed by atoms with E-state index in [9.17, 15) is 8.78 Å². The van der Waals surface area contributed by atoms with Crippen LogP contribution in [0.1, 0.15) is 17.2 Å². The van der Waals surface area contributed by atoms with Crippen molar-refractivity contribution in [2.75, 3.05) is 14.2 Å². The summed E-state index contributed by atoms with van der Waals surface area (Å²) in [4.78, 5) is 0. The van der Waals surface area contributed by atoms with Crippen LogP contribution in [0.2, 0.25) is 0 Å². The molecule has 1 N–H and O–H groups in total. The maximum atomic E-state index is 13.5. The Kier molecular flexibility index (Phi) is 4.73. The van der Waals surface area contributed by atoms with Gasteiger partial charge in [0.1, 0.15) is 17.4 Å². The predicted octanol–water partition coefficient (Wildman–Crippen LogP) is 4.04. The topological polar surface area (TPSA) is 21.3 Å².